The summed E-state index contributed by atoms with van der Waals surface area (Å²) in [5, 5.41) is 7.63. The number of aromatic nitrogens is 2. The van der Waals surface area contributed by atoms with Crippen LogP contribution in [0.4, 0.5) is 0 Å². The maximum absolute atomic E-state index is 4.96. The van der Waals surface area contributed by atoms with Gasteiger partial charge in [0, 0.05) is 12.1 Å². The Kier molecular flexibility index (Phi) is 5.86. The van der Waals surface area contributed by atoms with Gasteiger partial charge in [0.2, 0.25) is 0 Å². The highest BCUT2D eigenvalue weighted by Gasteiger charge is 2.18. The molecule has 0 saturated carbocycles. The van der Waals surface area contributed by atoms with Gasteiger partial charge < -0.3 is 0 Å². The molecule has 7 aromatic carbocycles. The minimum Gasteiger partial charge on any atom is -0.296 e. The van der Waals surface area contributed by atoms with Crippen LogP contribution in [0, 0.1) is 0 Å². The van der Waals surface area contributed by atoms with Crippen molar-refractivity contribution in [3.8, 4) is 27.9 Å². The molecule has 42 heavy (non-hydrogen) atoms. The second kappa shape index (κ2) is 10.0. The maximum atomic E-state index is 4.96. The van der Waals surface area contributed by atoms with Crippen molar-refractivity contribution in [3.05, 3.63) is 145 Å². The van der Waals surface area contributed by atoms with E-state index in [-0.39, 0.29) is 0 Å². The van der Waals surface area contributed by atoms with Crippen LogP contribution in [-0.4, -0.2) is 9.55 Å². The largest absolute Gasteiger partial charge is 0.296 e. The van der Waals surface area contributed by atoms with Gasteiger partial charge in [-0.1, -0.05) is 122 Å². The van der Waals surface area contributed by atoms with E-state index in [0.29, 0.717) is 0 Å². The van der Waals surface area contributed by atoms with Crippen molar-refractivity contribution in [2.75, 3.05) is 0 Å². The Morgan fingerprint density at radius 3 is 1.79 bits per heavy atom. The number of hydrogen-bond acceptors (Lipinski definition) is 1. The molecule has 0 aliphatic rings. The molecule has 0 bridgehead atoms. The first-order valence-corrected chi connectivity index (χ1v) is 14.8. The molecule has 8 rings (SSSR count). The van der Waals surface area contributed by atoms with Crippen molar-refractivity contribution in [1.82, 2.24) is 9.55 Å². The van der Waals surface area contributed by atoms with Gasteiger partial charge in [-0.2, -0.15) is 0 Å². The second-order valence-electron chi connectivity index (χ2n) is 11.0. The summed E-state index contributed by atoms with van der Waals surface area (Å²) in [4.78, 5) is 4.96. The Labute approximate surface area is 245 Å². The van der Waals surface area contributed by atoms with Crippen molar-refractivity contribution in [2.24, 2.45) is 0 Å². The van der Waals surface area contributed by atoms with Crippen LogP contribution in [0.5, 0.6) is 0 Å². The number of benzene rings is 7. The third-order valence-electron chi connectivity index (χ3n) is 8.51. The van der Waals surface area contributed by atoms with Gasteiger partial charge in [0.05, 0.1) is 11.0 Å². The van der Waals surface area contributed by atoms with Gasteiger partial charge in [-0.25, -0.2) is 4.98 Å². The molecule has 2 heteroatoms. The summed E-state index contributed by atoms with van der Waals surface area (Å²) < 4.78 is 2.32. The second-order valence-corrected chi connectivity index (χ2v) is 11.0. The Balaban J connectivity index is 1.37. The van der Waals surface area contributed by atoms with Crippen molar-refractivity contribution < 1.29 is 0 Å². The molecule has 0 radical (unpaired) electrons. The predicted molar refractivity (Wildman–Crippen MR) is 178 cm³/mol. The zero-order valence-electron chi connectivity index (χ0n) is 23.6. The summed E-state index contributed by atoms with van der Waals surface area (Å²) in [6.07, 6.45) is 2.00. The number of fused-ring (bicyclic) bond motifs is 4. The molecule has 0 aliphatic carbocycles. The number of imidazole rings is 1. The Morgan fingerprint density at radius 1 is 0.524 bits per heavy atom. The smallest absolute Gasteiger partial charge is 0.114 e. The molecule has 0 saturated heterocycles. The summed E-state index contributed by atoms with van der Waals surface area (Å²) >= 11 is 0. The van der Waals surface area contributed by atoms with Crippen LogP contribution in [0.25, 0.3) is 71.3 Å². The highest BCUT2D eigenvalue weighted by molar-refractivity contribution is 6.23. The summed E-state index contributed by atoms with van der Waals surface area (Å²) in [5.74, 6) is 1.11. The Morgan fingerprint density at radius 2 is 1.10 bits per heavy atom. The number of nitrogens with zero attached hydrogens (tertiary/aromatic N) is 2. The van der Waals surface area contributed by atoms with Gasteiger partial charge in [-0.3, -0.25) is 4.57 Å². The van der Waals surface area contributed by atoms with Crippen LogP contribution in [0.3, 0.4) is 0 Å². The van der Waals surface area contributed by atoms with Gasteiger partial charge in [-0.05, 0) is 85.3 Å². The molecule has 0 atom stereocenters. The lowest BCUT2D eigenvalue weighted by atomic mass is 9.85. The molecular formula is C40H30N2. The van der Waals surface area contributed by atoms with Crippen LogP contribution in [-0.2, 0) is 6.42 Å². The van der Waals surface area contributed by atoms with Crippen molar-refractivity contribution in [2.45, 2.75) is 19.8 Å². The monoisotopic (exact) mass is 538 g/mol. The van der Waals surface area contributed by atoms with E-state index in [4.69, 9.17) is 4.98 Å². The van der Waals surface area contributed by atoms with Crippen molar-refractivity contribution >= 4 is 43.4 Å². The molecule has 0 spiro atoms. The number of hydrogen-bond donors (Lipinski definition) is 0. The number of rotatable bonds is 5. The Bertz CT molecular complexity index is 2190. The number of aryl methyl sites for hydroxylation is 1. The summed E-state index contributed by atoms with van der Waals surface area (Å²) in [6.45, 7) is 2.21. The summed E-state index contributed by atoms with van der Waals surface area (Å²) in [7, 11) is 0. The third kappa shape index (κ3) is 3.83. The highest BCUT2D eigenvalue weighted by atomic mass is 15.1. The lowest BCUT2D eigenvalue weighted by Gasteiger charge is -2.19. The fraction of sp³-hybridized carbons (Fsp3) is 0.0750. The van der Waals surface area contributed by atoms with Crippen LogP contribution in [0.2, 0.25) is 0 Å². The van der Waals surface area contributed by atoms with Crippen LogP contribution in [0.15, 0.2) is 140 Å². The van der Waals surface area contributed by atoms with E-state index in [1.165, 1.54) is 54.6 Å². The Hall–Kier alpha value is -5.21. The fourth-order valence-electron chi connectivity index (χ4n) is 6.71. The van der Waals surface area contributed by atoms with Crippen molar-refractivity contribution in [3.63, 3.8) is 0 Å². The lowest BCUT2D eigenvalue weighted by Crippen LogP contribution is -2.01. The average Bonchev–Trinajstić information content (AvgIpc) is 3.41. The molecule has 1 heterocycles. The molecule has 0 N–H and O–H groups in total. The van der Waals surface area contributed by atoms with Gasteiger partial charge in [0.15, 0.2) is 0 Å². The van der Waals surface area contributed by atoms with E-state index in [1.807, 2.05) is 0 Å². The molecule has 8 aromatic rings. The van der Waals surface area contributed by atoms with Crippen molar-refractivity contribution in [1.29, 1.82) is 0 Å². The zero-order valence-corrected chi connectivity index (χ0v) is 23.6. The summed E-state index contributed by atoms with van der Waals surface area (Å²) in [5.41, 5.74) is 8.43. The molecular weight excluding hydrogens is 508 g/mol. The quantitative estimate of drug-likeness (QED) is 0.199. The molecule has 0 unspecified atom stereocenters. The highest BCUT2D eigenvalue weighted by Crippen LogP contribution is 2.45. The van der Waals surface area contributed by atoms with Gasteiger partial charge in [0.25, 0.3) is 0 Å². The molecule has 2 nitrogen and oxygen atoms in total. The topological polar surface area (TPSA) is 17.8 Å². The van der Waals surface area contributed by atoms with Crippen LogP contribution < -0.4 is 0 Å². The molecule has 0 amide bonds. The zero-order chi connectivity index (χ0) is 28.0. The van der Waals surface area contributed by atoms with E-state index in [9.17, 15) is 0 Å². The van der Waals surface area contributed by atoms with E-state index in [1.54, 1.807) is 0 Å². The van der Waals surface area contributed by atoms with Gasteiger partial charge in [0.1, 0.15) is 5.82 Å². The van der Waals surface area contributed by atoms with Crippen LogP contribution >= 0.6 is 0 Å². The SMILES string of the molecule is CCCc1nc2ccccc2n1-c1ccc(-c2c3ccccc3c(-c3cccc4ccccc34)c3ccccc23)cc1. The first kappa shape index (κ1) is 24.6. The molecule has 200 valence electrons. The number of para-hydroxylation sites is 2. The van der Waals surface area contributed by atoms with Gasteiger partial charge >= 0.3 is 0 Å². The standard InChI is InChI=1S/C40H30N2/c1-2-12-38-41-36-21-9-10-22-37(36)42(38)29-25-23-28(24-26-29)39-32-16-5-7-18-34(32)40(35-19-8-6-17-33(35)39)31-20-11-14-27-13-3-4-15-30(27)31/h3-11,13-26H,2,12H2,1H3. The minimum absolute atomic E-state index is 0.946. The first-order valence-electron chi connectivity index (χ1n) is 14.8. The molecule has 0 fully saturated rings. The molecule has 0 aliphatic heterocycles. The van der Waals surface area contributed by atoms with Gasteiger partial charge in [-0.15, -0.1) is 0 Å². The normalized spacial score (nSPS) is 11.6. The fourth-order valence-corrected chi connectivity index (χ4v) is 6.71. The first-order chi connectivity index (χ1) is 20.8. The molecule has 1 aromatic heterocycles. The summed E-state index contributed by atoms with van der Waals surface area (Å²) in [6, 6.07) is 50.7. The lowest BCUT2D eigenvalue weighted by molar-refractivity contribution is 0.818. The van der Waals surface area contributed by atoms with E-state index in [2.05, 4.69) is 151 Å². The van der Waals surface area contributed by atoms with E-state index >= 15 is 0 Å². The van der Waals surface area contributed by atoms with E-state index < -0.39 is 0 Å². The third-order valence-corrected chi connectivity index (χ3v) is 8.51. The average molecular weight is 539 g/mol. The predicted octanol–water partition coefficient (Wildman–Crippen LogP) is 10.8. The van der Waals surface area contributed by atoms with E-state index in [0.717, 1.165) is 35.4 Å². The van der Waals surface area contributed by atoms with Crippen LogP contribution in [0.1, 0.15) is 19.2 Å². The minimum atomic E-state index is 0.946. The maximum Gasteiger partial charge on any atom is 0.114 e.